The molecular formula is C17H23N3O. The summed E-state index contributed by atoms with van der Waals surface area (Å²) in [6.45, 7) is 4.02. The zero-order valence-corrected chi connectivity index (χ0v) is 12.7. The van der Waals surface area contributed by atoms with Gasteiger partial charge in [-0.05, 0) is 51.3 Å². The molecule has 0 aliphatic carbocycles. The fraction of sp³-hybridized carbons (Fsp3) is 0.529. The molecule has 0 spiro atoms. The molecule has 1 aliphatic rings. The zero-order valence-electron chi connectivity index (χ0n) is 12.7. The lowest BCUT2D eigenvalue weighted by atomic mass is 9.97. The van der Waals surface area contributed by atoms with Crippen LogP contribution in [-0.4, -0.2) is 27.6 Å². The standard InChI is InChI=1S/C17H23N3O/c1-14-12-17(21-19-14)13-20-11-5-3-7-16(20)9-8-15-6-2-4-10-18-15/h2,4,6,10,12,16H,3,5,7-9,11,13H2,1H3. The number of nitrogens with zero attached hydrogens (tertiary/aromatic N) is 3. The van der Waals surface area contributed by atoms with Crippen LogP contribution in [0.3, 0.4) is 0 Å². The third-order valence-electron chi connectivity index (χ3n) is 4.24. The van der Waals surface area contributed by atoms with Crippen LogP contribution >= 0.6 is 0 Å². The summed E-state index contributed by atoms with van der Waals surface area (Å²) in [5.41, 5.74) is 2.16. The summed E-state index contributed by atoms with van der Waals surface area (Å²) in [4.78, 5) is 6.98. The predicted octanol–water partition coefficient (Wildman–Crippen LogP) is 3.37. The molecular weight excluding hydrogens is 262 g/mol. The zero-order chi connectivity index (χ0) is 14.5. The molecule has 3 rings (SSSR count). The van der Waals surface area contributed by atoms with E-state index < -0.39 is 0 Å². The molecule has 112 valence electrons. The number of rotatable bonds is 5. The van der Waals surface area contributed by atoms with E-state index in [1.165, 1.54) is 31.4 Å². The fourth-order valence-corrected chi connectivity index (χ4v) is 3.15. The van der Waals surface area contributed by atoms with Crippen LogP contribution in [0.15, 0.2) is 35.0 Å². The summed E-state index contributed by atoms with van der Waals surface area (Å²) < 4.78 is 5.37. The number of aryl methyl sites for hydroxylation is 2. The summed E-state index contributed by atoms with van der Waals surface area (Å²) in [7, 11) is 0. The van der Waals surface area contributed by atoms with E-state index in [1.54, 1.807) is 0 Å². The number of hydrogen-bond donors (Lipinski definition) is 0. The van der Waals surface area contributed by atoms with Crippen molar-refractivity contribution in [2.45, 2.75) is 51.6 Å². The Bertz CT molecular complexity index is 552. The summed E-state index contributed by atoms with van der Waals surface area (Å²) in [6, 6.07) is 8.84. The Morgan fingerprint density at radius 1 is 1.33 bits per heavy atom. The van der Waals surface area contributed by atoms with Gasteiger partial charge in [0.1, 0.15) is 0 Å². The molecule has 4 nitrogen and oxygen atoms in total. The molecule has 1 saturated heterocycles. The van der Waals surface area contributed by atoms with Crippen LogP contribution in [0.5, 0.6) is 0 Å². The highest BCUT2D eigenvalue weighted by molar-refractivity contribution is 5.05. The molecule has 21 heavy (non-hydrogen) atoms. The first-order chi connectivity index (χ1) is 10.3. The van der Waals surface area contributed by atoms with Crippen LogP contribution in [0.25, 0.3) is 0 Å². The van der Waals surface area contributed by atoms with Crippen molar-refractivity contribution in [2.24, 2.45) is 0 Å². The molecule has 1 aliphatic heterocycles. The lowest BCUT2D eigenvalue weighted by molar-refractivity contribution is 0.119. The number of hydrogen-bond acceptors (Lipinski definition) is 4. The van der Waals surface area contributed by atoms with E-state index in [1.807, 2.05) is 25.3 Å². The first-order valence-electron chi connectivity index (χ1n) is 7.87. The van der Waals surface area contributed by atoms with Crippen molar-refractivity contribution in [1.82, 2.24) is 15.0 Å². The van der Waals surface area contributed by atoms with E-state index in [-0.39, 0.29) is 0 Å². The third kappa shape index (κ3) is 3.91. The van der Waals surface area contributed by atoms with Crippen molar-refractivity contribution in [3.63, 3.8) is 0 Å². The first kappa shape index (κ1) is 14.3. The second kappa shape index (κ2) is 6.85. The molecule has 0 saturated carbocycles. The highest BCUT2D eigenvalue weighted by Crippen LogP contribution is 2.23. The van der Waals surface area contributed by atoms with Gasteiger partial charge in [0.25, 0.3) is 0 Å². The van der Waals surface area contributed by atoms with Gasteiger partial charge in [-0.2, -0.15) is 0 Å². The van der Waals surface area contributed by atoms with E-state index in [2.05, 4.69) is 27.2 Å². The minimum atomic E-state index is 0.631. The molecule has 0 radical (unpaired) electrons. The fourth-order valence-electron chi connectivity index (χ4n) is 3.15. The third-order valence-corrected chi connectivity index (χ3v) is 4.24. The summed E-state index contributed by atoms with van der Waals surface area (Å²) in [5.74, 6) is 0.984. The van der Waals surface area contributed by atoms with Gasteiger partial charge >= 0.3 is 0 Å². The number of aromatic nitrogens is 2. The average molecular weight is 285 g/mol. The second-order valence-corrected chi connectivity index (χ2v) is 5.91. The molecule has 2 aromatic rings. The van der Waals surface area contributed by atoms with Gasteiger partial charge in [-0.3, -0.25) is 9.88 Å². The van der Waals surface area contributed by atoms with Gasteiger partial charge in [0, 0.05) is 24.0 Å². The number of likely N-dealkylation sites (tertiary alicyclic amines) is 1. The van der Waals surface area contributed by atoms with E-state index in [4.69, 9.17) is 4.52 Å². The van der Waals surface area contributed by atoms with Gasteiger partial charge in [-0.25, -0.2) is 0 Å². The maximum Gasteiger partial charge on any atom is 0.150 e. The van der Waals surface area contributed by atoms with Crippen LogP contribution in [0.4, 0.5) is 0 Å². The first-order valence-corrected chi connectivity index (χ1v) is 7.87. The molecule has 1 unspecified atom stereocenters. The molecule has 3 heterocycles. The van der Waals surface area contributed by atoms with Crippen molar-refractivity contribution in [3.05, 3.63) is 47.6 Å². The average Bonchev–Trinajstić information content (AvgIpc) is 2.93. The molecule has 2 aromatic heterocycles. The Kier molecular flexibility index (Phi) is 4.65. The molecule has 0 aromatic carbocycles. The Hall–Kier alpha value is -1.68. The maximum atomic E-state index is 5.37. The normalized spacial score (nSPS) is 19.8. The second-order valence-electron chi connectivity index (χ2n) is 5.91. The molecule has 4 heteroatoms. The van der Waals surface area contributed by atoms with Crippen molar-refractivity contribution in [1.29, 1.82) is 0 Å². The van der Waals surface area contributed by atoms with Gasteiger partial charge in [0.2, 0.25) is 0 Å². The quantitative estimate of drug-likeness (QED) is 0.844. The molecule has 1 fully saturated rings. The number of piperidine rings is 1. The van der Waals surface area contributed by atoms with Gasteiger partial charge < -0.3 is 4.52 Å². The van der Waals surface area contributed by atoms with E-state index >= 15 is 0 Å². The highest BCUT2D eigenvalue weighted by atomic mass is 16.5. The Balaban J connectivity index is 1.59. The summed E-state index contributed by atoms with van der Waals surface area (Å²) in [6.07, 6.45) is 8.00. The number of pyridine rings is 1. The topological polar surface area (TPSA) is 42.2 Å². The molecule has 1 atom stereocenters. The highest BCUT2D eigenvalue weighted by Gasteiger charge is 2.23. The summed E-state index contributed by atoms with van der Waals surface area (Å²) >= 11 is 0. The van der Waals surface area contributed by atoms with E-state index in [0.29, 0.717) is 6.04 Å². The van der Waals surface area contributed by atoms with Crippen LogP contribution in [0.1, 0.15) is 42.8 Å². The lowest BCUT2D eigenvalue weighted by Gasteiger charge is -2.35. The minimum Gasteiger partial charge on any atom is -0.360 e. The van der Waals surface area contributed by atoms with Crippen molar-refractivity contribution < 1.29 is 4.52 Å². The Morgan fingerprint density at radius 3 is 3.05 bits per heavy atom. The smallest absolute Gasteiger partial charge is 0.150 e. The monoisotopic (exact) mass is 285 g/mol. The van der Waals surface area contributed by atoms with Gasteiger partial charge in [-0.1, -0.05) is 17.6 Å². The van der Waals surface area contributed by atoms with Crippen LogP contribution < -0.4 is 0 Å². The van der Waals surface area contributed by atoms with E-state index in [0.717, 1.165) is 31.0 Å². The van der Waals surface area contributed by atoms with E-state index in [9.17, 15) is 0 Å². The lowest BCUT2D eigenvalue weighted by Crippen LogP contribution is -2.39. The summed E-state index contributed by atoms with van der Waals surface area (Å²) in [5, 5.41) is 3.99. The van der Waals surface area contributed by atoms with Crippen molar-refractivity contribution in [2.75, 3.05) is 6.54 Å². The van der Waals surface area contributed by atoms with Crippen molar-refractivity contribution in [3.8, 4) is 0 Å². The predicted molar refractivity (Wildman–Crippen MR) is 81.8 cm³/mol. The van der Waals surface area contributed by atoms with Crippen LogP contribution in [-0.2, 0) is 13.0 Å². The van der Waals surface area contributed by atoms with Gasteiger partial charge in [0.15, 0.2) is 5.76 Å². The molecule has 0 amide bonds. The largest absolute Gasteiger partial charge is 0.360 e. The van der Waals surface area contributed by atoms with Gasteiger partial charge in [-0.15, -0.1) is 0 Å². The Morgan fingerprint density at radius 2 is 2.29 bits per heavy atom. The van der Waals surface area contributed by atoms with Crippen molar-refractivity contribution >= 4 is 0 Å². The SMILES string of the molecule is Cc1cc(CN2CCCCC2CCc2ccccn2)on1. The van der Waals surface area contributed by atoms with Crippen LogP contribution in [0.2, 0.25) is 0 Å². The minimum absolute atomic E-state index is 0.631. The Labute approximate surface area is 126 Å². The molecule has 0 bridgehead atoms. The maximum absolute atomic E-state index is 5.37. The van der Waals surface area contributed by atoms with Crippen LogP contribution in [0, 0.1) is 6.92 Å². The molecule has 0 N–H and O–H groups in total. The van der Waals surface area contributed by atoms with Gasteiger partial charge in [0.05, 0.1) is 12.2 Å².